The lowest BCUT2D eigenvalue weighted by molar-refractivity contribution is -0.116. The molecule has 0 aliphatic heterocycles. The van der Waals surface area contributed by atoms with Gasteiger partial charge in [0, 0.05) is 10.9 Å². The Morgan fingerprint density at radius 1 is 1.27 bits per heavy atom. The summed E-state index contributed by atoms with van der Waals surface area (Å²) in [6, 6.07) is 4.88. The minimum atomic E-state index is -0.403. The number of rotatable bonds is 5. The number of nitrogens with zero attached hydrogens (tertiary/aromatic N) is 2. The van der Waals surface area contributed by atoms with Crippen molar-refractivity contribution < 1.29 is 14.3 Å². The number of hydrogen-bond donors (Lipinski definition) is 1. The number of amides is 1. The molecule has 3 aromatic rings. The molecular formula is C17H16ClN3O4S. The number of ether oxygens (including phenoxy) is 2. The number of benzene rings is 1. The zero-order valence-electron chi connectivity index (χ0n) is 14.3. The summed E-state index contributed by atoms with van der Waals surface area (Å²) in [5, 5.41) is 3.53. The Kier molecular flexibility index (Phi) is 5.15. The van der Waals surface area contributed by atoms with Gasteiger partial charge in [0.1, 0.15) is 22.9 Å². The normalized spacial score (nSPS) is 10.8. The highest BCUT2D eigenvalue weighted by molar-refractivity contribution is 7.18. The molecule has 26 heavy (non-hydrogen) atoms. The zero-order chi connectivity index (χ0) is 18.8. The molecule has 0 atom stereocenters. The molecule has 136 valence electrons. The van der Waals surface area contributed by atoms with Crippen LogP contribution in [0.3, 0.4) is 0 Å². The van der Waals surface area contributed by atoms with Crippen LogP contribution in [0.5, 0.6) is 11.5 Å². The molecular weight excluding hydrogens is 378 g/mol. The number of carbonyl (C=O) groups is 1. The van der Waals surface area contributed by atoms with Crippen molar-refractivity contribution in [2.75, 3.05) is 19.5 Å². The van der Waals surface area contributed by atoms with Crippen molar-refractivity contribution >= 4 is 44.7 Å². The smallest absolute Gasteiger partial charge is 0.262 e. The largest absolute Gasteiger partial charge is 0.495 e. The number of aromatic nitrogens is 2. The van der Waals surface area contributed by atoms with E-state index in [1.807, 2.05) is 6.92 Å². The lowest BCUT2D eigenvalue weighted by Crippen LogP contribution is -2.27. The van der Waals surface area contributed by atoms with Gasteiger partial charge in [0.05, 0.1) is 36.6 Å². The summed E-state index contributed by atoms with van der Waals surface area (Å²) in [4.78, 5) is 30.7. The van der Waals surface area contributed by atoms with E-state index in [-0.39, 0.29) is 12.1 Å². The fraction of sp³-hybridized carbons (Fsp3) is 0.235. The van der Waals surface area contributed by atoms with Gasteiger partial charge in [-0.3, -0.25) is 14.2 Å². The molecule has 0 bridgehead atoms. The van der Waals surface area contributed by atoms with Crippen LogP contribution in [0.1, 0.15) is 4.88 Å². The first-order valence-electron chi connectivity index (χ1n) is 7.60. The Balaban J connectivity index is 1.84. The summed E-state index contributed by atoms with van der Waals surface area (Å²) < 4.78 is 11.6. The number of halogens is 1. The van der Waals surface area contributed by atoms with Crippen LogP contribution in [-0.2, 0) is 11.3 Å². The van der Waals surface area contributed by atoms with Crippen molar-refractivity contribution in [1.82, 2.24) is 9.55 Å². The van der Waals surface area contributed by atoms with Crippen molar-refractivity contribution in [3.8, 4) is 11.5 Å². The van der Waals surface area contributed by atoms with Crippen molar-refractivity contribution in [2.24, 2.45) is 0 Å². The van der Waals surface area contributed by atoms with E-state index in [0.29, 0.717) is 32.4 Å². The summed E-state index contributed by atoms with van der Waals surface area (Å²) in [7, 11) is 2.96. The van der Waals surface area contributed by atoms with E-state index in [0.717, 1.165) is 4.88 Å². The van der Waals surface area contributed by atoms with Gasteiger partial charge >= 0.3 is 0 Å². The van der Waals surface area contributed by atoms with Crippen LogP contribution in [-0.4, -0.2) is 29.7 Å². The maximum atomic E-state index is 12.5. The highest BCUT2D eigenvalue weighted by Crippen LogP contribution is 2.35. The number of aryl methyl sites for hydroxylation is 1. The molecule has 0 radical (unpaired) electrons. The van der Waals surface area contributed by atoms with E-state index in [4.69, 9.17) is 21.1 Å². The van der Waals surface area contributed by atoms with E-state index in [1.54, 1.807) is 12.1 Å². The van der Waals surface area contributed by atoms with Gasteiger partial charge < -0.3 is 14.8 Å². The van der Waals surface area contributed by atoms with Crippen molar-refractivity contribution in [3.63, 3.8) is 0 Å². The lowest BCUT2D eigenvalue weighted by atomic mass is 10.2. The average molecular weight is 394 g/mol. The second-order valence-electron chi connectivity index (χ2n) is 5.49. The van der Waals surface area contributed by atoms with Crippen molar-refractivity contribution in [1.29, 1.82) is 0 Å². The van der Waals surface area contributed by atoms with Crippen LogP contribution in [0.25, 0.3) is 10.2 Å². The third-order valence-corrected chi connectivity index (χ3v) is 4.96. The topological polar surface area (TPSA) is 82.4 Å². The van der Waals surface area contributed by atoms with Gasteiger partial charge in [-0.1, -0.05) is 11.6 Å². The number of hydrogen-bond acceptors (Lipinski definition) is 6. The lowest BCUT2D eigenvalue weighted by Gasteiger charge is -2.13. The van der Waals surface area contributed by atoms with E-state index in [1.165, 1.54) is 42.5 Å². The van der Waals surface area contributed by atoms with Crippen LogP contribution >= 0.6 is 22.9 Å². The SMILES string of the molecule is COc1cc(OC)c(NC(=O)Cn2cnc3sc(C)cc3c2=O)cc1Cl. The van der Waals surface area contributed by atoms with E-state index in [9.17, 15) is 9.59 Å². The van der Waals surface area contributed by atoms with Crippen LogP contribution in [0.2, 0.25) is 5.02 Å². The van der Waals surface area contributed by atoms with Crippen LogP contribution in [0.4, 0.5) is 5.69 Å². The molecule has 2 aromatic heterocycles. The summed E-state index contributed by atoms with van der Waals surface area (Å²) in [5.41, 5.74) is 0.131. The minimum absolute atomic E-state index is 0.177. The first kappa shape index (κ1) is 18.2. The molecule has 7 nitrogen and oxygen atoms in total. The van der Waals surface area contributed by atoms with Crippen LogP contribution in [0, 0.1) is 6.92 Å². The van der Waals surface area contributed by atoms with Gasteiger partial charge in [-0.25, -0.2) is 4.98 Å². The first-order chi connectivity index (χ1) is 12.4. The van der Waals surface area contributed by atoms with E-state index in [2.05, 4.69) is 10.3 Å². The molecule has 2 heterocycles. The van der Waals surface area contributed by atoms with Gasteiger partial charge in [0.25, 0.3) is 5.56 Å². The maximum absolute atomic E-state index is 12.5. The molecule has 1 amide bonds. The Morgan fingerprint density at radius 3 is 2.69 bits per heavy atom. The second kappa shape index (κ2) is 7.35. The Labute approximate surface area is 158 Å². The molecule has 3 rings (SSSR count). The molecule has 0 saturated heterocycles. The molecule has 1 aromatic carbocycles. The Hall–Kier alpha value is -2.58. The second-order valence-corrected chi connectivity index (χ2v) is 7.13. The zero-order valence-corrected chi connectivity index (χ0v) is 15.9. The molecule has 0 fully saturated rings. The third kappa shape index (κ3) is 3.51. The number of fused-ring (bicyclic) bond motifs is 1. The summed E-state index contributed by atoms with van der Waals surface area (Å²) in [5.74, 6) is 0.425. The molecule has 0 aliphatic carbocycles. The molecule has 1 N–H and O–H groups in total. The van der Waals surface area contributed by atoms with Gasteiger partial charge in [0.2, 0.25) is 5.91 Å². The fourth-order valence-corrected chi connectivity index (χ4v) is 3.57. The average Bonchev–Trinajstić information content (AvgIpc) is 2.99. The minimum Gasteiger partial charge on any atom is -0.495 e. The summed E-state index contributed by atoms with van der Waals surface area (Å²) >= 11 is 7.54. The molecule has 0 spiro atoms. The fourth-order valence-electron chi connectivity index (χ4n) is 2.50. The van der Waals surface area contributed by atoms with E-state index >= 15 is 0 Å². The summed E-state index contributed by atoms with van der Waals surface area (Å²) in [6.07, 6.45) is 1.37. The van der Waals surface area contributed by atoms with Crippen molar-refractivity contribution in [2.45, 2.75) is 13.5 Å². The highest BCUT2D eigenvalue weighted by atomic mass is 35.5. The van der Waals surface area contributed by atoms with E-state index < -0.39 is 5.91 Å². The molecule has 0 saturated carbocycles. The number of nitrogens with one attached hydrogen (secondary N) is 1. The number of carbonyl (C=O) groups excluding carboxylic acids is 1. The van der Waals surface area contributed by atoms with Gasteiger partial charge in [-0.05, 0) is 19.1 Å². The Morgan fingerprint density at radius 2 is 2.00 bits per heavy atom. The monoisotopic (exact) mass is 393 g/mol. The molecule has 0 aliphatic rings. The predicted octanol–water partition coefficient (Wildman–Crippen LogP) is 3.08. The number of methoxy groups -OCH3 is 2. The van der Waals surface area contributed by atoms with Crippen LogP contribution < -0.4 is 20.3 Å². The van der Waals surface area contributed by atoms with Crippen molar-refractivity contribution in [3.05, 3.63) is 44.8 Å². The first-order valence-corrected chi connectivity index (χ1v) is 8.79. The molecule has 0 unspecified atom stereocenters. The number of thiophene rings is 1. The van der Waals surface area contributed by atoms with Gasteiger partial charge in [-0.15, -0.1) is 11.3 Å². The third-order valence-electron chi connectivity index (χ3n) is 3.70. The van der Waals surface area contributed by atoms with Crippen LogP contribution in [0.15, 0.2) is 29.3 Å². The van der Waals surface area contributed by atoms with Gasteiger partial charge in [0.15, 0.2) is 0 Å². The maximum Gasteiger partial charge on any atom is 0.262 e. The summed E-state index contributed by atoms with van der Waals surface area (Å²) in [6.45, 7) is 1.73. The predicted molar refractivity (Wildman–Crippen MR) is 102 cm³/mol. The van der Waals surface area contributed by atoms with Gasteiger partial charge in [-0.2, -0.15) is 0 Å². The standard InChI is InChI=1S/C17H16ClN3O4S/c1-9-4-10-16(26-9)19-8-21(17(10)23)7-15(22)20-12-5-11(18)13(24-2)6-14(12)25-3/h4-6,8H,7H2,1-3H3,(H,20,22). The number of anilines is 1. The Bertz CT molecular complexity index is 1040. The quantitative estimate of drug-likeness (QED) is 0.720. The molecule has 9 heteroatoms. The highest BCUT2D eigenvalue weighted by Gasteiger charge is 2.14.